The average Bonchev–Trinajstić information content (AvgIpc) is 2.81. The van der Waals surface area contributed by atoms with Crippen LogP contribution >= 0.6 is 27.5 Å². The fourth-order valence-corrected chi connectivity index (χ4v) is 2.39. The SMILES string of the molecule is COc1c(Br)cc(Cl)cc1NC(=O)n1ccnc1. The number of nitrogens with one attached hydrogen (secondary N) is 1. The molecule has 1 amide bonds. The third kappa shape index (κ3) is 2.65. The first-order valence-corrected chi connectivity index (χ1v) is 6.11. The van der Waals surface area contributed by atoms with Crippen molar-refractivity contribution in [2.24, 2.45) is 0 Å². The number of amides is 1. The second-order valence-electron chi connectivity index (χ2n) is 3.37. The summed E-state index contributed by atoms with van der Waals surface area (Å²) in [6.07, 6.45) is 4.47. The third-order valence-corrected chi connectivity index (χ3v) is 3.00. The van der Waals surface area contributed by atoms with Crippen molar-refractivity contribution in [3.63, 3.8) is 0 Å². The molecule has 0 aliphatic rings. The molecule has 0 bridgehead atoms. The van der Waals surface area contributed by atoms with E-state index in [9.17, 15) is 4.79 Å². The molecule has 0 atom stereocenters. The highest BCUT2D eigenvalue weighted by Gasteiger charge is 2.12. The molecular weight excluding hydrogens is 321 g/mol. The Balaban J connectivity index is 2.31. The zero-order valence-corrected chi connectivity index (χ0v) is 11.7. The van der Waals surface area contributed by atoms with Crippen LogP contribution in [-0.4, -0.2) is 22.7 Å². The first-order valence-electron chi connectivity index (χ1n) is 4.94. The number of ether oxygens (including phenoxy) is 1. The molecule has 5 nitrogen and oxygen atoms in total. The summed E-state index contributed by atoms with van der Waals surface area (Å²) >= 11 is 9.25. The molecule has 7 heteroatoms. The lowest BCUT2D eigenvalue weighted by molar-refractivity contribution is 0.253. The van der Waals surface area contributed by atoms with Crippen LogP contribution in [0.15, 0.2) is 35.3 Å². The minimum absolute atomic E-state index is 0.347. The fraction of sp³-hybridized carbons (Fsp3) is 0.0909. The Morgan fingerprint density at radius 2 is 2.33 bits per heavy atom. The molecule has 1 heterocycles. The van der Waals surface area contributed by atoms with Crippen molar-refractivity contribution < 1.29 is 9.53 Å². The summed E-state index contributed by atoms with van der Waals surface area (Å²) in [7, 11) is 1.51. The van der Waals surface area contributed by atoms with Crippen LogP contribution in [0.1, 0.15) is 0 Å². The maximum Gasteiger partial charge on any atom is 0.331 e. The van der Waals surface area contributed by atoms with Gasteiger partial charge >= 0.3 is 6.03 Å². The van der Waals surface area contributed by atoms with Crippen molar-refractivity contribution in [3.8, 4) is 5.75 Å². The summed E-state index contributed by atoms with van der Waals surface area (Å²) < 4.78 is 7.18. The van der Waals surface area contributed by atoms with Crippen molar-refractivity contribution in [1.82, 2.24) is 9.55 Å². The van der Waals surface area contributed by atoms with Crippen LogP contribution in [0.25, 0.3) is 0 Å². The van der Waals surface area contributed by atoms with Crippen molar-refractivity contribution in [1.29, 1.82) is 0 Å². The number of rotatable bonds is 2. The number of nitrogens with zero attached hydrogens (tertiary/aromatic N) is 2. The number of halogens is 2. The summed E-state index contributed by atoms with van der Waals surface area (Å²) in [4.78, 5) is 15.7. The molecule has 0 spiro atoms. The van der Waals surface area contributed by atoms with E-state index in [-0.39, 0.29) is 6.03 Å². The van der Waals surface area contributed by atoms with Gasteiger partial charge in [0.1, 0.15) is 6.33 Å². The highest BCUT2D eigenvalue weighted by molar-refractivity contribution is 9.10. The van der Waals surface area contributed by atoms with E-state index in [0.29, 0.717) is 20.9 Å². The maximum absolute atomic E-state index is 11.9. The van der Waals surface area contributed by atoms with Gasteiger partial charge in [0.15, 0.2) is 5.75 Å². The van der Waals surface area contributed by atoms with Crippen LogP contribution in [0.4, 0.5) is 10.5 Å². The molecule has 0 saturated heterocycles. The first kappa shape index (κ1) is 12.9. The number of methoxy groups -OCH3 is 1. The molecule has 0 aliphatic heterocycles. The van der Waals surface area contributed by atoms with E-state index in [1.165, 1.54) is 24.2 Å². The quantitative estimate of drug-likeness (QED) is 0.918. The average molecular weight is 331 g/mol. The van der Waals surface area contributed by atoms with Crippen molar-refractivity contribution in [2.45, 2.75) is 0 Å². The highest BCUT2D eigenvalue weighted by atomic mass is 79.9. The summed E-state index contributed by atoms with van der Waals surface area (Å²) in [6, 6.07) is 2.95. The Bertz CT molecular complexity index is 572. The number of benzene rings is 1. The monoisotopic (exact) mass is 329 g/mol. The molecule has 0 fully saturated rings. The van der Waals surface area contributed by atoms with Gasteiger partial charge in [-0.2, -0.15) is 0 Å². The van der Waals surface area contributed by atoms with Gasteiger partial charge in [0.05, 0.1) is 17.3 Å². The second-order valence-corrected chi connectivity index (χ2v) is 4.66. The van der Waals surface area contributed by atoms with Crippen LogP contribution in [-0.2, 0) is 0 Å². The fourth-order valence-electron chi connectivity index (χ4n) is 1.42. The standard InChI is InChI=1S/C11H9BrClN3O2/c1-18-10-8(12)4-7(13)5-9(10)15-11(17)16-3-2-14-6-16/h2-6H,1H3,(H,15,17). The predicted octanol–water partition coefficient (Wildman–Crippen LogP) is 3.39. The highest BCUT2D eigenvalue weighted by Crippen LogP contribution is 2.36. The van der Waals surface area contributed by atoms with Gasteiger partial charge in [0.25, 0.3) is 0 Å². The van der Waals surface area contributed by atoms with Crippen LogP contribution in [0.3, 0.4) is 0 Å². The number of imidazole rings is 1. The van der Waals surface area contributed by atoms with Crippen LogP contribution in [0, 0.1) is 0 Å². The molecule has 0 saturated carbocycles. The number of hydrogen-bond acceptors (Lipinski definition) is 3. The number of carbonyl (C=O) groups excluding carboxylic acids is 1. The van der Waals surface area contributed by atoms with Gasteiger partial charge in [-0.25, -0.2) is 9.78 Å². The Labute approximate surface area is 117 Å². The summed E-state index contributed by atoms with van der Waals surface area (Å²) in [6.45, 7) is 0. The van der Waals surface area contributed by atoms with E-state index in [4.69, 9.17) is 16.3 Å². The molecule has 0 radical (unpaired) electrons. The van der Waals surface area contributed by atoms with Crippen molar-refractivity contribution >= 4 is 39.2 Å². The van der Waals surface area contributed by atoms with Gasteiger partial charge in [-0.05, 0) is 28.1 Å². The Hall–Kier alpha value is -1.53. The van der Waals surface area contributed by atoms with Gasteiger partial charge in [0.2, 0.25) is 0 Å². The summed E-state index contributed by atoms with van der Waals surface area (Å²) in [5.41, 5.74) is 0.482. The van der Waals surface area contributed by atoms with Gasteiger partial charge in [-0.3, -0.25) is 4.57 Å². The van der Waals surface area contributed by atoms with Crippen LogP contribution in [0.5, 0.6) is 5.75 Å². The van der Waals surface area contributed by atoms with Gasteiger partial charge in [-0.1, -0.05) is 11.6 Å². The van der Waals surface area contributed by atoms with E-state index in [0.717, 1.165) is 0 Å². The lowest BCUT2D eigenvalue weighted by atomic mass is 10.3. The Morgan fingerprint density at radius 1 is 1.56 bits per heavy atom. The molecule has 18 heavy (non-hydrogen) atoms. The molecule has 2 aromatic rings. The lowest BCUT2D eigenvalue weighted by Crippen LogP contribution is -2.18. The predicted molar refractivity (Wildman–Crippen MR) is 72.3 cm³/mol. The van der Waals surface area contributed by atoms with Crippen molar-refractivity contribution in [3.05, 3.63) is 40.3 Å². The number of aromatic nitrogens is 2. The van der Waals surface area contributed by atoms with E-state index in [1.807, 2.05) is 0 Å². The Morgan fingerprint density at radius 3 is 2.94 bits per heavy atom. The molecule has 94 valence electrons. The van der Waals surface area contributed by atoms with E-state index < -0.39 is 0 Å². The number of carbonyl (C=O) groups is 1. The number of hydrogen-bond donors (Lipinski definition) is 1. The minimum Gasteiger partial charge on any atom is -0.493 e. The molecule has 0 unspecified atom stereocenters. The molecule has 1 N–H and O–H groups in total. The third-order valence-electron chi connectivity index (χ3n) is 2.19. The maximum atomic E-state index is 11.9. The molecule has 0 aliphatic carbocycles. The molecule has 1 aromatic heterocycles. The van der Waals surface area contributed by atoms with Crippen LogP contribution < -0.4 is 10.1 Å². The van der Waals surface area contributed by atoms with Gasteiger partial charge in [0, 0.05) is 17.4 Å². The molecular formula is C11H9BrClN3O2. The second kappa shape index (κ2) is 5.41. The van der Waals surface area contributed by atoms with Gasteiger partial charge < -0.3 is 10.1 Å². The zero-order valence-electron chi connectivity index (χ0n) is 9.35. The molecule has 1 aromatic carbocycles. The summed E-state index contributed by atoms with van der Waals surface area (Å²) in [5, 5.41) is 3.18. The minimum atomic E-state index is -0.347. The molecule has 2 rings (SSSR count). The zero-order chi connectivity index (χ0) is 13.1. The van der Waals surface area contributed by atoms with Crippen molar-refractivity contribution in [2.75, 3.05) is 12.4 Å². The first-order chi connectivity index (χ1) is 8.61. The lowest BCUT2D eigenvalue weighted by Gasteiger charge is -2.12. The smallest absolute Gasteiger partial charge is 0.331 e. The van der Waals surface area contributed by atoms with Crippen LogP contribution in [0.2, 0.25) is 5.02 Å². The topological polar surface area (TPSA) is 56.1 Å². The largest absolute Gasteiger partial charge is 0.493 e. The van der Waals surface area contributed by atoms with E-state index in [2.05, 4.69) is 26.2 Å². The number of anilines is 1. The van der Waals surface area contributed by atoms with E-state index in [1.54, 1.807) is 18.3 Å². The summed E-state index contributed by atoms with van der Waals surface area (Å²) in [5.74, 6) is 0.507. The normalized spacial score (nSPS) is 10.2. The van der Waals surface area contributed by atoms with E-state index >= 15 is 0 Å². The van der Waals surface area contributed by atoms with Gasteiger partial charge in [-0.15, -0.1) is 0 Å². The Kier molecular flexibility index (Phi) is 3.88.